The van der Waals surface area contributed by atoms with Gasteiger partial charge < -0.3 is 24.1 Å². The first-order valence-corrected chi connectivity index (χ1v) is 8.41. The maximum absolute atomic E-state index is 7.00. The van der Waals surface area contributed by atoms with Gasteiger partial charge >= 0.3 is 0 Å². The minimum absolute atomic E-state index is 0.844. The molecule has 0 aliphatic rings. The fraction of sp³-hybridized carbons (Fsp3) is 1.00. The molecule has 0 amide bonds. The van der Waals surface area contributed by atoms with Gasteiger partial charge in [-0.25, -0.2) is 0 Å². The standard InChI is InChI=1S/4C4H10O.CH4O/c4*1-3-5-4-2;1-2/h4*3-4H2,1-2H3;2H,1H3. The summed E-state index contributed by atoms with van der Waals surface area (Å²) < 4.78 is 19.3. The molecule has 0 saturated heterocycles. The first-order chi connectivity index (χ1) is 10.7. The van der Waals surface area contributed by atoms with Gasteiger partial charge in [0.25, 0.3) is 0 Å². The lowest BCUT2D eigenvalue weighted by Crippen LogP contribution is -1.84. The molecule has 0 saturated carbocycles. The van der Waals surface area contributed by atoms with Crippen LogP contribution in [0, 0.1) is 0 Å². The number of hydrogen-bond acceptors (Lipinski definition) is 5. The van der Waals surface area contributed by atoms with Crippen LogP contribution in [0.25, 0.3) is 0 Å². The molecule has 0 rings (SSSR count). The lowest BCUT2D eigenvalue weighted by molar-refractivity contribution is 0.162. The Morgan fingerprint density at radius 1 is 0.364 bits per heavy atom. The highest BCUT2D eigenvalue weighted by Gasteiger charge is 1.65. The van der Waals surface area contributed by atoms with Crippen LogP contribution in [0.3, 0.4) is 0 Å². The predicted molar refractivity (Wildman–Crippen MR) is 96.8 cm³/mol. The zero-order valence-corrected chi connectivity index (χ0v) is 16.7. The molecule has 0 atom stereocenters. The normalized spacial score (nSPS) is 7.91. The average molecular weight is 329 g/mol. The van der Waals surface area contributed by atoms with Gasteiger partial charge in [0.15, 0.2) is 0 Å². The van der Waals surface area contributed by atoms with Crippen molar-refractivity contribution in [2.24, 2.45) is 0 Å². The van der Waals surface area contributed by atoms with Gasteiger partial charge in [0.05, 0.1) is 0 Å². The first kappa shape index (κ1) is 33.4. The largest absolute Gasteiger partial charge is 0.400 e. The Morgan fingerprint density at radius 3 is 0.455 bits per heavy atom. The smallest absolute Gasteiger partial charge is 0.0437 e. The van der Waals surface area contributed by atoms with Gasteiger partial charge in [-0.15, -0.1) is 0 Å². The highest BCUT2D eigenvalue weighted by Crippen LogP contribution is 1.65. The van der Waals surface area contributed by atoms with Crippen LogP contribution in [-0.2, 0) is 18.9 Å². The molecular formula is C17H44O5. The molecule has 5 heteroatoms. The lowest BCUT2D eigenvalue weighted by atomic mass is 10.8. The van der Waals surface area contributed by atoms with Crippen molar-refractivity contribution in [2.45, 2.75) is 55.4 Å². The predicted octanol–water partition coefficient (Wildman–Crippen LogP) is 3.78. The fourth-order valence-electron chi connectivity index (χ4n) is 0.816. The van der Waals surface area contributed by atoms with Crippen molar-refractivity contribution in [3.05, 3.63) is 0 Å². The molecule has 22 heavy (non-hydrogen) atoms. The van der Waals surface area contributed by atoms with E-state index in [2.05, 4.69) is 0 Å². The highest BCUT2D eigenvalue weighted by molar-refractivity contribution is 4.08. The second-order valence-corrected chi connectivity index (χ2v) is 3.13. The van der Waals surface area contributed by atoms with Crippen LogP contribution in [0.15, 0.2) is 0 Å². The summed E-state index contributed by atoms with van der Waals surface area (Å²) in [6, 6.07) is 0. The maximum atomic E-state index is 7.00. The molecule has 0 aliphatic carbocycles. The molecule has 0 unspecified atom stereocenters. The number of rotatable bonds is 8. The molecule has 0 aromatic rings. The Labute approximate surface area is 140 Å². The number of hydrogen-bond donors (Lipinski definition) is 1. The quantitative estimate of drug-likeness (QED) is 0.735. The van der Waals surface area contributed by atoms with Gasteiger partial charge in [-0.2, -0.15) is 0 Å². The molecule has 0 aromatic heterocycles. The number of ether oxygens (including phenoxy) is 4. The van der Waals surface area contributed by atoms with E-state index in [1.54, 1.807) is 0 Å². The number of aliphatic hydroxyl groups excluding tert-OH is 1. The van der Waals surface area contributed by atoms with Crippen molar-refractivity contribution >= 4 is 0 Å². The van der Waals surface area contributed by atoms with E-state index in [1.807, 2.05) is 55.4 Å². The minimum atomic E-state index is 0.844. The molecule has 0 heterocycles. The molecule has 0 bridgehead atoms. The van der Waals surface area contributed by atoms with Crippen LogP contribution in [0.1, 0.15) is 55.4 Å². The van der Waals surface area contributed by atoms with E-state index >= 15 is 0 Å². The minimum Gasteiger partial charge on any atom is -0.400 e. The third-order valence-electron chi connectivity index (χ3n) is 1.63. The average Bonchev–Trinajstić information content (AvgIpc) is 2.54. The fourth-order valence-corrected chi connectivity index (χ4v) is 0.816. The molecular weight excluding hydrogens is 284 g/mol. The highest BCUT2D eigenvalue weighted by atomic mass is 16.5. The Balaban J connectivity index is -0.0000000562. The molecule has 0 spiro atoms. The van der Waals surface area contributed by atoms with Crippen molar-refractivity contribution in [3.63, 3.8) is 0 Å². The van der Waals surface area contributed by atoms with E-state index < -0.39 is 0 Å². The summed E-state index contributed by atoms with van der Waals surface area (Å²) in [5, 5.41) is 7.00. The van der Waals surface area contributed by atoms with Crippen molar-refractivity contribution < 1.29 is 24.1 Å². The molecule has 0 fully saturated rings. The van der Waals surface area contributed by atoms with Crippen molar-refractivity contribution in [2.75, 3.05) is 60.0 Å². The van der Waals surface area contributed by atoms with Gasteiger partial charge in [-0.3, -0.25) is 0 Å². The van der Waals surface area contributed by atoms with Crippen LogP contribution in [0.2, 0.25) is 0 Å². The zero-order valence-electron chi connectivity index (χ0n) is 16.7. The van der Waals surface area contributed by atoms with Crippen LogP contribution < -0.4 is 0 Å². The van der Waals surface area contributed by atoms with Crippen molar-refractivity contribution in [1.29, 1.82) is 0 Å². The third-order valence-corrected chi connectivity index (χ3v) is 1.63. The summed E-state index contributed by atoms with van der Waals surface area (Å²) in [5.74, 6) is 0. The van der Waals surface area contributed by atoms with Crippen molar-refractivity contribution in [1.82, 2.24) is 0 Å². The first-order valence-electron chi connectivity index (χ1n) is 8.41. The topological polar surface area (TPSA) is 57.2 Å². The Bertz CT molecular complexity index is 71.1. The van der Waals surface area contributed by atoms with Crippen LogP contribution >= 0.6 is 0 Å². The summed E-state index contributed by atoms with van der Waals surface area (Å²) in [7, 11) is 1.00. The van der Waals surface area contributed by atoms with Crippen LogP contribution in [0.4, 0.5) is 0 Å². The summed E-state index contributed by atoms with van der Waals surface area (Å²) in [6.07, 6.45) is 0. The molecule has 0 radical (unpaired) electrons. The lowest BCUT2D eigenvalue weighted by Gasteiger charge is -1.86. The second kappa shape index (κ2) is 58.6. The maximum Gasteiger partial charge on any atom is 0.0437 e. The summed E-state index contributed by atoms with van der Waals surface area (Å²) >= 11 is 0. The van der Waals surface area contributed by atoms with E-state index in [4.69, 9.17) is 24.1 Å². The van der Waals surface area contributed by atoms with Crippen LogP contribution in [-0.4, -0.2) is 65.1 Å². The number of aliphatic hydroxyl groups is 1. The Kier molecular flexibility index (Phi) is 89.0. The van der Waals surface area contributed by atoms with Crippen molar-refractivity contribution in [3.8, 4) is 0 Å². The van der Waals surface area contributed by atoms with Gasteiger partial charge in [-0.1, -0.05) is 0 Å². The molecule has 1 N–H and O–H groups in total. The summed E-state index contributed by atoms with van der Waals surface area (Å²) in [5.41, 5.74) is 0. The van der Waals surface area contributed by atoms with Gasteiger partial charge in [0, 0.05) is 60.0 Å². The van der Waals surface area contributed by atoms with E-state index in [1.165, 1.54) is 0 Å². The summed E-state index contributed by atoms with van der Waals surface area (Å²) in [6.45, 7) is 22.7. The van der Waals surface area contributed by atoms with Gasteiger partial charge in [0.2, 0.25) is 0 Å². The van der Waals surface area contributed by atoms with Gasteiger partial charge in [0.1, 0.15) is 0 Å². The molecule has 5 nitrogen and oxygen atoms in total. The molecule has 0 aromatic carbocycles. The van der Waals surface area contributed by atoms with E-state index in [9.17, 15) is 0 Å². The van der Waals surface area contributed by atoms with Gasteiger partial charge in [-0.05, 0) is 55.4 Å². The SMILES string of the molecule is CCOCC.CCOCC.CCOCC.CCOCC.CO. The monoisotopic (exact) mass is 328 g/mol. The Morgan fingerprint density at radius 2 is 0.455 bits per heavy atom. The second-order valence-electron chi connectivity index (χ2n) is 3.13. The Hall–Kier alpha value is -0.200. The van der Waals surface area contributed by atoms with E-state index in [0.29, 0.717) is 0 Å². The zero-order chi connectivity index (χ0) is 18.5. The summed E-state index contributed by atoms with van der Waals surface area (Å²) in [4.78, 5) is 0. The van der Waals surface area contributed by atoms with E-state index in [0.717, 1.165) is 60.0 Å². The third kappa shape index (κ3) is 115. The van der Waals surface area contributed by atoms with E-state index in [-0.39, 0.29) is 0 Å². The molecule has 142 valence electrons. The molecule has 0 aliphatic heterocycles. The van der Waals surface area contributed by atoms with Crippen LogP contribution in [0.5, 0.6) is 0 Å².